The van der Waals surface area contributed by atoms with Gasteiger partial charge in [0.15, 0.2) is 0 Å². The van der Waals surface area contributed by atoms with Crippen LogP contribution < -0.4 is 5.73 Å². The number of nitrogens with zero attached hydrogens (tertiary/aromatic N) is 1. The summed E-state index contributed by atoms with van der Waals surface area (Å²) in [6, 6.07) is 1.76. The fourth-order valence-corrected chi connectivity index (χ4v) is 1.64. The van der Waals surface area contributed by atoms with Gasteiger partial charge in [-0.05, 0) is 19.2 Å². The van der Waals surface area contributed by atoms with E-state index in [1.807, 2.05) is 13.2 Å². The smallest absolute Gasteiger partial charge is 0.121 e. The third-order valence-corrected chi connectivity index (χ3v) is 2.31. The van der Waals surface area contributed by atoms with Crippen molar-refractivity contribution in [2.45, 2.75) is 11.9 Å². The van der Waals surface area contributed by atoms with Gasteiger partial charge in [0.05, 0.1) is 10.7 Å². The van der Waals surface area contributed by atoms with Gasteiger partial charge < -0.3 is 5.73 Å². The minimum absolute atomic E-state index is 0.574. The quantitative estimate of drug-likeness (QED) is 0.688. The zero-order chi connectivity index (χ0) is 8.43. The van der Waals surface area contributed by atoms with Crippen LogP contribution in [0.3, 0.4) is 0 Å². The van der Waals surface area contributed by atoms with Crippen molar-refractivity contribution in [2.24, 2.45) is 0 Å². The number of nitrogen functional groups attached to an aromatic ring is 1. The number of rotatable bonds is 1. The number of aromatic nitrogens is 1. The lowest BCUT2D eigenvalue weighted by Gasteiger charge is -2.03. The summed E-state index contributed by atoms with van der Waals surface area (Å²) in [5.41, 5.74) is 7.12. The lowest BCUT2D eigenvalue weighted by Crippen LogP contribution is -1.94. The summed E-state index contributed by atoms with van der Waals surface area (Å²) in [5, 5.41) is 1.39. The minimum Gasteiger partial charge on any atom is -0.395 e. The first kappa shape index (κ1) is 8.68. The van der Waals surface area contributed by atoms with E-state index in [1.165, 1.54) is 11.8 Å². The second-order valence-corrected chi connectivity index (χ2v) is 3.37. The van der Waals surface area contributed by atoms with Crippen molar-refractivity contribution < 1.29 is 0 Å². The largest absolute Gasteiger partial charge is 0.395 e. The van der Waals surface area contributed by atoms with E-state index in [1.54, 1.807) is 6.07 Å². The van der Waals surface area contributed by atoms with E-state index in [-0.39, 0.29) is 0 Å². The van der Waals surface area contributed by atoms with Crippen molar-refractivity contribution in [3.8, 4) is 0 Å². The number of thioether (sulfide) groups is 1. The summed E-state index contributed by atoms with van der Waals surface area (Å²) in [7, 11) is 0. The fraction of sp³-hybridized carbons (Fsp3) is 0.286. The average molecular weight is 189 g/mol. The number of halogens is 1. The monoisotopic (exact) mass is 188 g/mol. The molecule has 1 heterocycles. The van der Waals surface area contributed by atoms with Gasteiger partial charge in [-0.1, -0.05) is 11.6 Å². The van der Waals surface area contributed by atoms with Crippen LogP contribution in [0.2, 0.25) is 5.02 Å². The molecular weight excluding hydrogens is 180 g/mol. The molecule has 0 fully saturated rings. The van der Waals surface area contributed by atoms with Gasteiger partial charge >= 0.3 is 0 Å². The molecule has 1 aromatic heterocycles. The molecular formula is C7H9ClN2S. The van der Waals surface area contributed by atoms with Gasteiger partial charge in [0.2, 0.25) is 0 Å². The van der Waals surface area contributed by atoms with Crippen LogP contribution in [0.4, 0.5) is 5.69 Å². The summed E-state index contributed by atoms with van der Waals surface area (Å²) >= 11 is 7.32. The number of hydrogen-bond acceptors (Lipinski definition) is 3. The lowest BCUT2D eigenvalue weighted by atomic mass is 10.3. The van der Waals surface area contributed by atoms with Gasteiger partial charge in [0.1, 0.15) is 5.03 Å². The van der Waals surface area contributed by atoms with E-state index in [0.717, 1.165) is 10.7 Å². The maximum atomic E-state index is 5.82. The Bertz CT molecular complexity index is 275. The highest BCUT2D eigenvalue weighted by molar-refractivity contribution is 7.98. The Morgan fingerprint density at radius 3 is 2.82 bits per heavy atom. The maximum absolute atomic E-state index is 5.82. The zero-order valence-electron chi connectivity index (χ0n) is 6.39. The molecule has 60 valence electrons. The molecule has 0 aliphatic heterocycles. The molecule has 0 aliphatic carbocycles. The molecule has 0 aliphatic rings. The third-order valence-electron chi connectivity index (χ3n) is 1.29. The second-order valence-electron chi connectivity index (χ2n) is 2.17. The Kier molecular flexibility index (Phi) is 2.62. The molecule has 0 atom stereocenters. The van der Waals surface area contributed by atoms with Gasteiger partial charge in [-0.3, -0.25) is 0 Å². The molecule has 2 nitrogen and oxygen atoms in total. The summed E-state index contributed by atoms with van der Waals surface area (Å²) in [5.74, 6) is 0. The van der Waals surface area contributed by atoms with E-state index < -0.39 is 0 Å². The van der Waals surface area contributed by atoms with Crippen LogP contribution in [0.25, 0.3) is 0 Å². The summed E-state index contributed by atoms with van der Waals surface area (Å²) < 4.78 is 0. The molecule has 1 rings (SSSR count). The highest BCUT2D eigenvalue weighted by Gasteiger charge is 2.04. The summed E-state index contributed by atoms with van der Waals surface area (Å²) in [6.45, 7) is 1.89. The van der Waals surface area contributed by atoms with E-state index >= 15 is 0 Å². The van der Waals surface area contributed by atoms with Crippen molar-refractivity contribution in [2.75, 3.05) is 12.0 Å². The van der Waals surface area contributed by atoms with Crippen molar-refractivity contribution in [3.05, 3.63) is 16.8 Å². The van der Waals surface area contributed by atoms with Crippen molar-refractivity contribution in [1.82, 2.24) is 4.98 Å². The van der Waals surface area contributed by atoms with Crippen LogP contribution in [-0.4, -0.2) is 11.2 Å². The Morgan fingerprint density at radius 2 is 2.27 bits per heavy atom. The van der Waals surface area contributed by atoms with Gasteiger partial charge in [-0.15, -0.1) is 11.8 Å². The summed E-state index contributed by atoms with van der Waals surface area (Å²) in [6.07, 6.45) is 1.93. The van der Waals surface area contributed by atoms with Crippen LogP contribution in [0.5, 0.6) is 0 Å². The Balaban J connectivity index is 3.24. The molecule has 0 spiro atoms. The first-order chi connectivity index (χ1) is 5.15. The predicted molar refractivity (Wildman–Crippen MR) is 50.2 cm³/mol. The van der Waals surface area contributed by atoms with Crippen molar-refractivity contribution in [3.63, 3.8) is 0 Å². The van der Waals surface area contributed by atoms with Crippen molar-refractivity contribution >= 4 is 29.1 Å². The number of hydrogen-bond donors (Lipinski definition) is 1. The molecule has 0 bridgehead atoms. The topological polar surface area (TPSA) is 38.9 Å². The standard InChI is InChI=1S/C7H9ClN2S/c1-4-3-5(8)6(9)7(10-4)11-2/h3H,9H2,1-2H3. The molecule has 0 aromatic carbocycles. The van der Waals surface area contributed by atoms with E-state index in [2.05, 4.69) is 4.98 Å². The number of pyridine rings is 1. The molecule has 0 amide bonds. The van der Waals surface area contributed by atoms with E-state index in [4.69, 9.17) is 17.3 Å². The number of anilines is 1. The van der Waals surface area contributed by atoms with Gasteiger partial charge in [-0.2, -0.15) is 0 Å². The van der Waals surface area contributed by atoms with Crippen LogP contribution in [0.1, 0.15) is 5.69 Å². The van der Waals surface area contributed by atoms with Gasteiger partial charge in [0.25, 0.3) is 0 Å². The molecule has 0 saturated heterocycles. The van der Waals surface area contributed by atoms with E-state index in [9.17, 15) is 0 Å². The SMILES string of the molecule is CSc1nc(C)cc(Cl)c1N. The first-order valence-corrected chi connectivity index (χ1v) is 4.72. The first-order valence-electron chi connectivity index (χ1n) is 3.11. The summed E-state index contributed by atoms with van der Waals surface area (Å²) in [4.78, 5) is 4.21. The van der Waals surface area contributed by atoms with Crippen molar-refractivity contribution in [1.29, 1.82) is 0 Å². The van der Waals surface area contributed by atoms with Gasteiger partial charge in [0, 0.05) is 5.69 Å². The lowest BCUT2D eigenvalue weighted by molar-refractivity contribution is 1.07. The third kappa shape index (κ3) is 1.79. The highest BCUT2D eigenvalue weighted by Crippen LogP contribution is 2.27. The van der Waals surface area contributed by atoms with Crippen LogP contribution >= 0.6 is 23.4 Å². The predicted octanol–water partition coefficient (Wildman–Crippen LogP) is 2.35. The molecule has 2 N–H and O–H groups in total. The van der Waals surface area contributed by atoms with Gasteiger partial charge in [-0.25, -0.2) is 4.98 Å². The molecule has 11 heavy (non-hydrogen) atoms. The second kappa shape index (κ2) is 3.32. The Labute approximate surface area is 75.1 Å². The minimum atomic E-state index is 0.574. The van der Waals surface area contributed by atoms with Crippen LogP contribution in [0.15, 0.2) is 11.1 Å². The molecule has 1 aromatic rings. The van der Waals surface area contributed by atoms with Crippen LogP contribution in [-0.2, 0) is 0 Å². The average Bonchev–Trinajstić information content (AvgIpc) is 1.96. The van der Waals surface area contributed by atoms with E-state index in [0.29, 0.717) is 10.7 Å². The number of aryl methyl sites for hydroxylation is 1. The Morgan fingerprint density at radius 1 is 1.64 bits per heavy atom. The highest BCUT2D eigenvalue weighted by atomic mass is 35.5. The maximum Gasteiger partial charge on any atom is 0.121 e. The fourth-order valence-electron chi connectivity index (χ4n) is 0.772. The molecule has 0 radical (unpaired) electrons. The molecule has 0 unspecified atom stereocenters. The molecule has 0 saturated carbocycles. The van der Waals surface area contributed by atoms with Crippen LogP contribution in [0, 0.1) is 6.92 Å². The molecule has 4 heteroatoms. The Hall–Kier alpha value is -0.410. The number of nitrogens with two attached hydrogens (primary N) is 1. The zero-order valence-corrected chi connectivity index (χ0v) is 7.96. The normalized spacial score (nSPS) is 10.1.